The zero-order valence-corrected chi connectivity index (χ0v) is 16.0. The van der Waals surface area contributed by atoms with Gasteiger partial charge in [0, 0.05) is 18.8 Å². The first-order chi connectivity index (χ1) is 9.13. The third-order valence-electron chi connectivity index (χ3n) is 2.82. The molecule has 0 fully saturated rings. The molecule has 0 bridgehead atoms. The summed E-state index contributed by atoms with van der Waals surface area (Å²) < 4.78 is 3.39. The van der Waals surface area contributed by atoms with Crippen molar-refractivity contribution in [2.45, 2.75) is 19.4 Å². The second-order valence-corrected chi connectivity index (χ2v) is 7.60. The summed E-state index contributed by atoms with van der Waals surface area (Å²) in [6.45, 7) is 3.18. The van der Waals surface area contributed by atoms with Crippen molar-refractivity contribution in [3.8, 4) is 0 Å². The van der Waals surface area contributed by atoms with Crippen LogP contribution in [0.2, 0.25) is 0 Å². The number of benzene rings is 1. The number of rotatable bonds is 5. The molecular formula is C14H14Br3NS. The van der Waals surface area contributed by atoms with Gasteiger partial charge in [0.05, 0.1) is 6.04 Å². The number of thiophene rings is 1. The second-order valence-electron chi connectivity index (χ2n) is 4.23. The smallest absolute Gasteiger partial charge is 0.0607 e. The maximum atomic E-state index is 3.66. The summed E-state index contributed by atoms with van der Waals surface area (Å²) in [6.07, 6.45) is 1.11. The van der Waals surface area contributed by atoms with Gasteiger partial charge in [-0.05, 0) is 63.6 Å². The molecule has 19 heavy (non-hydrogen) atoms. The van der Waals surface area contributed by atoms with E-state index in [1.807, 2.05) is 6.07 Å². The van der Waals surface area contributed by atoms with Gasteiger partial charge >= 0.3 is 0 Å². The third-order valence-corrected chi connectivity index (χ3v) is 5.79. The molecule has 0 aliphatic rings. The van der Waals surface area contributed by atoms with Crippen molar-refractivity contribution in [3.05, 3.63) is 53.5 Å². The minimum atomic E-state index is 0.201. The van der Waals surface area contributed by atoms with Crippen molar-refractivity contribution in [1.29, 1.82) is 0 Å². The van der Waals surface area contributed by atoms with E-state index in [1.165, 1.54) is 11.1 Å². The average molecular weight is 468 g/mol. The molecule has 0 spiro atoms. The standard InChI is InChI=1S/C14H14Br3NS/c1-2-5-18-14(11-7-19-8-13(11)17)10-6-9(15)3-4-12(10)16/h3-4,6-8,14,18H,2,5H2,1H3. The van der Waals surface area contributed by atoms with Gasteiger partial charge in [-0.2, -0.15) is 11.3 Å². The minimum absolute atomic E-state index is 0.201. The normalized spacial score (nSPS) is 12.6. The summed E-state index contributed by atoms with van der Waals surface area (Å²) in [4.78, 5) is 0. The van der Waals surface area contributed by atoms with E-state index in [4.69, 9.17) is 0 Å². The lowest BCUT2D eigenvalue weighted by atomic mass is 10.0. The van der Waals surface area contributed by atoms with Crippen molar-refractivity contribution in [1.82, 2.24) is 5.32 Å². The topological polar surface area (TPSA) is 12.0 Å². The Balaban J connectivity index is 2.42. The van der Waals surface area contributed by atoms with Gasteiger partial charge in [0.1, 0.15) is 0 Å². The Morgan fingerprint density at radius 3 is 2.53 bits per heavy atom. The third kappa shape index (κ3) is 3.91. The molecule has 102 valence electrons. The number of hydrogen-bond donors (Lipinski definition) is 1. The predicted octanol–water partition coefficient (Wildman–Crippen LogP) is 6.12. The van der Waals surface area contributed by atoms with Gasteiger partial charge in [-0.1, -0.05) is 38.8 Å². The number of halogens is 3. The first-order valence-electron chi connectivity index (χ1n) is 6.03. The first kappa shape index (κ1) is 15.7. The summed E-state index contributed by atoms with van der Waals surface area (Å²) in [5.41, 5.74) is 2.54. The zero-order chi connectivity index (χ0) is 13.8. The van der Waals surface area contributed by atoms with Crippen LogP contribution in [0.3, 0.4) is 0 Å². The summed E-state index contributed by atoms with van der Waals surface area (Å²) in [5, 5.41) is 7.95. The Kier molecular flexibility index (Phi) is 6.09. The van der Waals surface area contributed by atoms with Crippen LogP contribution in [0, 0.1) is 0 Å². The molecule has 1 atom stereocenters. The molecular weight excluding hydrogens is 454 g/mol. The summed E-state index contributed by atoms with van der Waals surface area (Å²) in [7, 11) is 0. The van der Waals surface area contributed by atoms with E-state index in [0.717, 1.165) is 26.4 Å². The van der Waals surface area contributed by atoms with Crippen LogP contribution in [-0.2, 0) is 0 Å². The molecule has 1 unspecified atom stereocenters. The van der Waals surface area contributed by atoms with Gasteiger partial charge in [0.25, 0.3) is 0 Å². The summed E-state index contributed by atoms with van der Waals surface area (Å²) >= 11 is 12.6. The van der Waals surface area contributed by atoms with E-state index in [0.29, 0.717) is 0 Å². The van der Waals surface area contributed by atoms with Crippen molar-refractivity contribution < 1.29 is 0 Å². The van der Waals surface area contributed by atoms with Gasteiger partial charge in [0.2, 0.25) is 0 Å². The molecule has 0 radical (unpaired) electrons. The van der Waals surface area contributed by atoms with Crippen molar-refractivity contribution in [2.75, 3.05) is 6.54 Å². The first-order valence-corrected chi connectivity index (χ1v) is 9.35. The highest BCUT2D eigenvalue weighted by molar-refractivity contribution is 9.11. The van der Waals surface area contributed by atoms with Gasteiger partial charge in [-0.15, -0.1) is 0 Å². The van der Waals surface area contributed by atoms with Crippen molar-refractivity contribution >= 4 is 59.1 Å². The molecule has 1 N–H and O–H groups in total. The number of hydrogen-bond acceptors (Lipinski definition) is 2. The van der Waals surface area contributed by atoms with E-state index in [9.17, 15) is 0 Å². The maximum absolute atomic E-state index is 3.66. The Labute approximate surface area is 143 Å². The molecule has 0 aliphatic carbocycles. The molecule has 1 aromatic heterocycles. The molecule has 1 heterocycles. The second kappa shape index (κ2) is 7.36. The fourth-order valence-corrected chi connectivity index (χ4v) is 4.32. The van der Waals surface area contributed by atoms with E-state index in [2.05, 4.69) is 82.9 Å². The van der Waals surface area contributed by atoms with Crippen LogP contribution in [0.25, 0.3) is 0 Å². The van der Waals surface area contributed by atoms with Gasteiger partial charge < -0.3 is 5.32 Å². The number of nitrogens with one attached hydrogen (secondary N) is 1. The molecule has 0 saturated carbocycles. The van der Waals surface area contributed by atoms with Crippen LogP contribution in [0.5, 0.6) is 0 Å². The van der Waals surface area contributed by atoms with Gasteiger partial charge in [0.15, 0.2) is 0 Å². The molecule has 1 aromatic carbocycles. The SMILES string of the molecule is CCCNC(c1cscc1Br)c1cc(Br)ccc1Br. The minimum Gasteiger partial charge on any atom is -0.306 e. The average Bonchev–Trinajstić information content (AvgIpc) is 2.80. The fraction of sp³-hybridized carbons (Fsp3) is 0.286. The lowest BCUT2D eigenvalue weighted by Crippen LogP contribution is -2.23. The Morgan fingerprint density at radius 1 is 1.11 bits per heavy atom. The van der Waals surface area contributed by atoms with E-state index in [-0.39, 0.29) is 6.04 Å². The zero-order valence-electron chi connectivity index (χ0n) is 10.4. The quantitative estimate of drug-likeness (QED) is 0.558. The molecule has 1 nitrogen and oxygen atoms in total. The van der Waals surface area contributed by atoms with Crippen LogP contribution >= 0.6 is 59.1 Å². The highest BCUT2D eigenvalue weighted by Gasteiger charge is 2.19. The molecule has 0 amide bonds. The van der Waals surface area contributed by atoms with E-state index >= 15 is 0 Å². The Hall–Kier alpha value is 0.320. The summed E-state index contributed by atoms with van der Waals surface area (Å²) in [6, 6.07) is 6.50. The molecule has 0 saturated heterocycles. The largest absolute Gasteiger partial charge is 0.306 e. The van der Waals surface area contributed by atoms with Gasteiger partial charge in [-0.3, -0.25) is 0 Å². The molecule has 5 heteroatoms. The lowest BCUT2D eigenvalue weighted by Gasteiger charge is -2.20. The van der Waals surface area contributed by atoms with Crippen molar-refractivity contribution in [2.24, 2.45) is 0 Å². The fourth-order valence-electron chi connectivity index (χ4n) is 1.91. The van der Waals surface area contributed by atoms with Crippen molar-refractivity contribution in [3.63, 3.8) is 0 Å². The van der Waals surface area contributed by atoms with Crippen LogP contribution in [-0.4, -0.2) is 6.54 Å². The summed E-state index contributed by atoms with van der Waals surface area (Å²) in [5.74, 6) is 0. The van der Waals surface area contributed by atoms with Gasteiger partial charge in [-0.25, -0.2) is 0 Å². The van der Waals surface area contributed by atoms with E-state index < -0.39 is 0 Å². The van der Waals surface area contributed by atoms with Crippen LogP contribution in [0.1, 0.15) is 30.5 Å². The van der Waals surface area contributed by atoms with E-state index in [1.54, 1.807) is 11.3 Å². The molecule has 2 aromatic rings. The van der Waals surface area contributed by atoms with Crippen LogP contribution in [0.4, 0.5) is 0 Å². The molecule has 0 aliphatic heterocycles. The monoisotopic (exact) mass is 465 g/mol. The van der Waals surface area contributed by atoms with Crippen LogP contribution < -0.4 is 5.32 Å². The maximum Gasteiger partial charge on any atom is 0.0607 e. The lowest BCUT2D eigenvalue weighted by molar-refractivity contribution is 0.596. The predicted molar refractivity (Wildman–Crippen MR) is 94.0 cm³/mol. The van der Waals surface area contributed by atoms with Crippen LogP contribution in [0.15, 0.2) is 42.4 Å². The Bertz CT molecular complexity index is 553. The molecule has 2 rings (SSSR count). The highest BCUT2D eigenvalue weighted by atomic mass is 79.9. The Morgan fingerprint density at radius 2 is 1.89 bits per heavy atom. The highest BCUT2D eigenvalue weighted by Crippen LogP contribution is 2.36.